The molecule has 0 aromatic carbocycles. The van der Waals surface area contributed by atoms with Crippen molar-refractivity contribution in [3.05, 3.63) is 53.1 Å². The molecule has 130 valence electrons. The van der Waals surface area contributed by atoms with E-state index in [1.54, 1.807) is 18.5 Å². The lowest BCUT2D eigenvalue weighted by Crippen LogP contribution is -2.43. The van der Waals surface area contributed by atoms with E-state index in [9.17, 15) is 4.79 Å². The van der Waals surface area contributed by atoms with Crippen molar-refractivity contribution in [3.63, 3.8) is 0 Å². The van der Waals surface area contributed by atoms with E-state index in [0.717, 1.165) is 37.5 Å². The zero-order valence-electron chi connectivity index (χ0n) is 14.0. The number of hydrogen-bond acceptors (Lipinski definition) is 6. The molecule has 0 bridgehead atoms. The van der Waals surface area contributed by atoms with Gasteiger partial charge in [-0.2, -0.15) is 0 Å². The van der Waals surface area contributed by atoms with E-state index < -0.39 is 0 Å². The summed E-state index contributed by atoms with van der Waals surface area (Å²) in [5.74, 6) is 1.44. The lowest BCUT2D eigenvalue weighted by atomic mass is 10.2. The smallest absolute Gasteiger partial charge is 0.282 e. The van der Waals surface area contributed by atoms with E-state index in [2.05, 4.69) is 25.3 Å². The summed E-state index contributed by atoms with van der Waals surface area (Å²) < 4.78 is 1.44. The quantitative estimate of drug-likeness (QED) is 0.563. The highest BCUT2D eigenvalue weighted by Gasteiger charge is 2.16. The second-order valence-corrected chi connectivity index (χ2v) is 6.26. The Kier molecular flexibility index (Phi) is 3.42. The summed E-state index contributed by atoms with van der Waals surface area (Å²) in [4.78, 5) is 28.5. The van der Waals surface area contributed by atoms with Crippen LogP contribution in [0.3, 0.4) is 0 Å². The van der Waals surface area contributed by atoms with Gasteiger partial charge in [0.25, 0.3) is 5.56 Å². The number of anilines is 1. The standard InChI is InChI=1S/C18H17N7O/c26-18-12-11-21-13-4-5-15(24-9-7-19-8-10-24)22-17(13)16(12)23-25(18)14-3-1-2-6-20-14/h1-6,11,19,23H,7-10H2. The van der Waals surface area contributed by atoms with Crippen molar-refractivity contribution >= 4 is 27.8 Å². The Morgan fingerprint density at radius 1 is 1.00 bits per heavy atom. The van der Waals surface area contributed by atoms with Crippen LogP contribution in [-0.4, -0.2) is 50.9 Å². The molecule has 26 heavy (non-hydrogen) atoms. The third-order valence-electron chi connectivity index (χ3n) is 4.67. The molecule has 0 atom stereocenters. The van der Waals surface area contributed by atoms with Crippen molar-refractivity contribution in [2.45, 2.75) is 0 Å². The molecule has 4 aromatic heterocycles. The fraction of sp³-hybridized carbons (Fsp3) is 0.222. The van der Waals surface area contributed by atoms with E-state index in [0.29, 0.717) is 22.2 Å². The van der Waals surface area contributed by atoms with E-state index in [4.69, 9.17) is 4.98 Å². The van der Waals surface area contributed by atoms with E-state index in [1.165, 1.54) is 4.68 Å². The topological polar surface area (TPSA) is 91.7 Å². The number of hydrogen-bond donors (Lipinski definition) is 2. The summed E-state index contributed by atoms with van der Waals surface area (Å²) >= 11 is 0. The third kappa shape index (κ3) is 2.34. The van der Waals surface area contributed by atoms with E-state index in [1.807, 2.05) is 24.3 Å². The van der Waals surface area contributed by atoms with Crippen LogP contribution < -0.4 is 15.8 Å². The van der Waals surface area contributed by atoms with Gasteiger partial charge in [0.1, 0.15) is 11.3 Å². The van der Waals surface area contributed by atoms with Crippen molar-refractivity contribution in [2.75, 3.05) is 31.1 Å². The van der Waals surface area contributed by atoms with Gasteiger partial charge in [-0.05, 0) is 24.3 Å². The maximum Gasteiger partial charge on any atom is 0.282 e. The molecule has 1 saturated heterocycles. The van der Waals surface area contributed by atoms with Gasteiger partial charge in [0.15, 0.2) is 5.82 Å². The summed E-state index contributed by atoms with van der Waals surface area (Å²) in [6.45, 7) is 3.70. The molecule has 1 fully saturated rings. The van der Waals surface area contributed by atoms with Crippen molar-refractivity contribution in [2.24, 2.45) is 0 Å². The minimum Gasteiger partial charge on any atom is -0.354 e. The van der Waals surface area contributed by atoms with E-state index in [-0.39, 0.29) is 5.56 Å². The van der Waals surface area contributed by atoms with Crippen molar-refractivity contribution in [3.8, 4) is 5.82 Å². The first kappa shape index (κ1) is 15.0. The van der Waals surface area contributed by atoms with Crippen molar-refractivity contribution in [1.29, 1.82) is 0 Å². The Labute approximate surface area is 148 Å². The predicted molar refractivity (Wildman–Crippen MR) is 99.9 cm³/mol. The van der Waals surface area contributed by atoms with Gasteiger partial charge < -0.3 is 10.2 Å². The number of H-pyrrole nitrogens is 1. The van der Waals surface area contributed by atoms with Crippen LogP contribution >= 0.6 is 0 Å². The highest BCUT2D eigenvalue weighted by molar-refractivity contribution is 6.00. The third-order valence-corrected chi connectivity index (χ3v) is 4.67. The molecule has 2 N–H and O–H groups in total. The van der Waals surface area contributed by atoms with Crippen LogP contribution in [0.1, 0.15) is 0 Å². The van der Waals surface area contributed by atoms with Crippen LogP contribution in [0.2, 0.25) is 0 Å². The highest BCUT2D eigenvalue weighted by Crippen LogP contribution is 2.22. The monoisotopic (exact) mass is 347 g/mol. The summed E-state index contributed by atoms with van der Waals surface area (Å²) in [6, 6.07) is 9.38. The predicted octanol–water partition coefficient (Wildman–Crippen LogP) is 1.07. The molecule has 0 spiro atoms. The summed E-state index contributed by atoms with van der Waals surface area (Å²) in [5, 5.41) is 7.01. The molecule has 8 heteroatoms. The van der Waals surface area contributed by atoms with Gasteiger partial charge in [-0.1, -0.05) is 6.07 Å². The first-order valence-corrected chi connectivity index (χ1v) is 8.59. The minimum atomic E-state index is -0.178. The number of aromatic amines is 1. The van der Waals surface area contributed by atoms with Crippen molar-refractivity contribution < 1.29 is 0 Å². The van der Waals surface area contributed by atoms with Gasteiger partial charge in [-0.3, -0.25) is 14.9 Å². The molecule has 5 rings (SSSR count). The molecule has 0 aliphatic carbocycles. The lowest BCUT2D eigenvalue weighted by molar-refractivity contribution is 0.585. The SMILES string of the molecule is O=c1c2cnc3ccc(N4CCNCC4)nc3c2[nH]n1-c1ccccn1. The van der Waals surface area contributed by atoms with Crippen LogP contribution in [0, 0.1) is 0 Å². The second kappa shape index (κ2) is 5.92. The molecule has 1 aliphatic heterocycles. The Hall–Kier alpha value is -3.26. The van der Waals surface area contributed by atoms with Gasteiger partial charge in [-0.25, -0.2) is 14.6 Å². The second-order valence-electron chi connectivity index (χ2n) is 6.26. The molecule has 8 nitrogen and oxygen atoms in total. The summed E-state index contributed by atoms with van der Waals surface area (Å²) in [5.41, 5.74) is 1.96. The fourth-order valence-corrected chi connectivity index (χ4v) is 3.33. The molecule has 0 radical (unpaired) electrons. The Morgan fingerprint density at radius 2 is 1.88 bits per heavy atom. The summed E-state index contributed by atoms with van der Waals surface area (Å²) in [7, 11) is 0. The molecular formula is C18H17N7O. The number of nitrogens with one attached hydrogen (secondary N) is 2. The summed E-state index contributed by atoms with van der Waals surface area (Å²) in [6.07, 6.45) is 3.26. The first-order valence-electron chi connectivity index (χ1n) is 8.59. The maximum atomic E-state index is 12.8. The van der Waals surface area contributed by atoms with Gasteiger partial charge in [-0.15, -0.1) is 0 Å². The van der Waals surface area contributed by atoms with Gasteiger partial charge >= 0.3 is 0 Å². The molecule has 0 saturated carbocycles. The lowest BCUT2D eigenvalue weighted by Gasteiger charge is -2.28. The molecule has 0 unspecified atom stereocenters. The van der Waals surface area contributed by atoms with Crippen LogP contribution in [-0.2, 0) is 0 Å². The maximum absolute atomic E-state index is 12.8. The number of pyridine rings is 3. The van der Waals surface area contributed by atoms with Crippen molar-refractivity contribution in [1.82, 2.24) is 30.0 Å². The average Bonchev–Trinajstić information content (AvgIpc) is 3.06. The van der Waals surface area contributed by atoms with E-state index >= 15 is 0 Å². The first-order chi connectivity index (χ1) is 12.8. The largest absolute Gasteiger partial charge is 0.354 e. The molecule has 5 heterocycles. The number of rotatable bonds is 2. The number of piperazine rings is 1. The normalized spacial score (nSPS) is 15.0. The Morgan fingerprint density at radius 3 is 2.69 bits per heavy atom. The highest BCUT2D eigenvalue weighted by atomic mass is 16.1. The van der Waals surface area contributed by atoms with Crippen LogP contribution in [0.15, 0.2) is 47.5 Å². The Balaban J connectivity index is 1.72. The van der Waals surface area contributed by atoms with Gasteiger partial charge in [0.2, 0.25) is 0 Å². The zero-order chi connectivity index (χ0) is 17.5. The molecule has 4 aromatic rings. The zero-order valence-corrected chi connectivity index (χ0v) is 14.0. The van der Waals surface area contributed by atoms with Gasteiger partial charge in [0.05, 0.1) is 16.4 Å². The van der Waals surface area contributed by atoms with Crippen LogP contribution in [0.4, 0.5) is 5.82 Å². The number of nitrogens with zero attached hydrogens (tertiary/aromatic N) is 5. The molecule has 1 aliphatic rings. The van der Waals surface area contributed by atoms with Crippen LogP contribution in [0.5, 0.6) is 0 Å². The van der Waals surface area contributed by atoms with Crippen LogP contribution in [0.25, 0.3) is 27.8 Å². The number of fused-ring (bicyclic) bond motifs is 3. The Bertz CT molecular complexity index is 1140. The fourth-order valence-electron chi connectivity index (χ4n) is 3.33. The number of aromatic nitrogens is 5. The molecule has 0 amide bonds. The average molecular weight is 347 g/mol. The molecular weight excluding hydrogens is 330 g/mol. The van der Waals surface area contributed by atoms with Gasteiger partial charge in [0, 0.05) is 38.6 Å². The minimum absolute atomic E-state index is 0.178.